The molecule has 2 heterocycles. The summed E-state index contributed by atoms with van der Waals surface area (Å²) in [5, 5.41) is 5.19. The number of aromatic nitrogens is 3. The summed E-state index contributed by atoms with van der Waals surface area (Å²) in [6, 6.07) is 0. The molecule has 5 nitrogen and oxygen atoms in total. The van der Waals surface area contributed by atoms with Crippen LogP contribution in [0.1, 0.15) is 27.4 Å². The Morgan fingerprint density at radius 3 is 2.71 bits per heavy atom. The average Bonchev–Trinajstić information content (AvgIpc) is 2.68. The first-order valence-electron chi connectivity index (χ1n) is 5.09. The second-order valence-corrected chi connectivity index (χ2v) is 4.54. The van der Waals surface area contributed by atoms with Crippen molar-refractivity contribution in [1.82, 2.24) is 15.0 Å². The third-order valence-corrected chi connectivity index (χ3v) is 3.27. The van der Waals surface area contributed by atoms with E-state index >= 15 is 0 Å². The minimum Gasteiger partial charge on any atom is -0.296 e. The van der Waals surface area contributed by atoms with Crippen LogP contribution in [0.5, 0.6) is 0 Å². The van der Waals surface area contributed by atoms with E-state index in [0.717, 1.165) is 17.0 Å². The molecule has 0 fully saturated rings. The maximum Gasteiger partial charge on any atom is 0.276 e. The molecule has 0 bridgehead atoms. The van der Waals surface area contributed by atoms with Crippen LogP contribution in [0.2, 0.25) is 0 Å². The van der Waals surface area contributed by atoms with Crippen LogP contribution in [0, 0.1) is 20.8 Å². The number of anilines is 1. The fourth-order valence-electron chi connectivity index (χ4n) is 1.33. The van der Waals surface area contributed by atoms with Crippen LogP contribution in [0.3, 0.4) is 0 Å². The second kappa shape index (κ2) is 4.58. The number of hydrogen-bond acceptors (Lipinski definition) is 5. The molecule has 0 unspecified atom stereocenters. The molecule has 1 N–H and O–H groups in total. The number of amides is 1. The highest BCUT2D eigenvalue weighted by Crippen LogP contribution is 2.16. The Morgan fingerprint density at radius 2 is 2.06 bits per heavy atom. The van der Waals surface area contributed by atoms with E-state index < -0.39 is 0 Å². The number of hydrogen-bond donors (Lipinski definition) is 1. The van der Waals surface area contributed by atoms with Gasteiger partial charge in [-0.15, -0.1) is 11.3 Å². The molecule has 0 atom stereocenters. The van der Waals surface area contributed by atoms with Crippen LogP contribution in [0.25, 0.3) is 0 Å². The first kappa shape index (κ1) is 11.7. The molecule has 0 aromatic carbocycles. The Hall–Kier alpha value is -1.82. The number of thiazole rings is 1. The van der Waals surface area contributed by atoms with Crippen molar-refractivity contribution in [3.8, 4) is 0 Å². The summed E-state index contributed by atoms with van der Waals surface area (Å²) in [5.41, 5.74) is 2.88. The largest absolute Gasteiger partial charge is 0.296 e. The zero-order chi connectivity index (χ0) is 12.4. The van der Waals surface area contributed by atoms with Crippen LogP contribution >= 0.6 is 11.3 Å². The molecule has 0 aliphatic rings. The molecular formula is C11H12N4OS. The molecular weight excluding hydrogens is 236 g/mol. The Kier molecular flexibility index (Phi) is 3.14. The lowest BCUT2D eigenvalue weighted by molar-refractivity contribution is 0.102. The summed E-state index contributed by atoms with van der Waals surface area (Å²) in [4.78, 5) is 24.2. The lowest BCUT2D eigenvalue weighted by Gasteiger charge is -2.05. The van der Waals surface area contributed by atoms with Crippen molar-refractivity contribution in [2.24, 2.45) is 0 Å². The smallest absolute Gasteiger partial charge is 0.276 e. The van der Waals surface area contributed by atoms with E-state index in [2.05, 4.69) is 20.3 Å². The monoisotopic (exact) mass is 248 g/mol. The maximum atomic E-state index is 12.0. The van der Waals surface area contributed by atoms with Crippen molar-refractivity contribution in [2.75, 3.05) is 5.32 Å². The van der Waals surface area contributed by atoms with Gasteiger partial charge in [0.1, 0.15) is 12.0 Å². The Bertz CT molecular complexity index is 564. The highest BCUT2D eigenvalue weighted by Gasteiger charge is 2.13. The van der Waals surface area contributed by atoms with Crippen molar-refractivity contribution in [3.63, 3.8) is 0 Å². The molecule has 0 radical (unpaired) electrons. The van der Waals surface area contributed by atoms with Gasteiger partial charge in [-0.3, -0.25) is 10.1 Å². The number of nitrogens with one attached hydrogen (secondary N) is 1. The molecule has 88 valence electrons. The predicted molar refractivity (Wildman–Crippen MR) is 66.3 cm³/mol. The number of rotatable bonds is 2. The SMILES string of the molecule is Cc1csc(NC(=O)c2ncnc(C)c2C)n1. The topological polar surface area (TPSA) is 67.8 Å². The first-order valence-corrected chi connectivity index (χ1v) is 5.97. The van der Waals surface area contributed by atoms with E-state index in [1.165, 1.54) is 17.7 Å². The summed E-state index contributed by atoms with van der Waals surface area (Å²) in [6.45, 7) is 5.56. The van der Waals surface area contributed by atoms with Crippen molar-refractivity contribution < 1.29 is 4.79 Å². The molecule has 6 heteroatoms. The molecule has 0 saturated heterocycles. The van der Waals surface area contributed by atoms with Crippen LogP contribution < -0.4 is 5.32 Å². The summed E-state index contributed by atoms with van der Waals surface area (Å²) in [6.07, 6.45) is 1.39. The Morgan fingerprint density at radius 1 is 1.29 bits per heavy atom. The standard InChI is InChI=1S/C11H12N4OS/c1-6-4-17-11(14-6)15-10(16)9-7(2)8(3)12-5-13-9/h4-5H,1-3H3,(H,14,15,16). The molecule has 2 aromatic heterocycles. The van der Waals surface area contributed by atoms with Crippen LogP contribution in [-0.4, -0.2) is 20.9 Å². The molecule has 0 spiro atoms. The Labute approximate surface area is 103 Å². The lowest BCUT2D eigenvalue weighted by Crippen LogP contribution is -2.16. The highest BCUT2D eigenvalue weighted by molar-refractivity contribution is 7.13. The van der Waals surface area contributed by atoms with E-state index in [4.69, 9.17) is 0 Å². The summed E-state index contributed by atoms with van der Waals surface area (Å²) >= 11 is 1.40. The van der Waals surface area contributed by atoms with E-state index in [0.29, 0.717) is 10.8 Å². The minimum absolute atomic E-state index is 0.248. The van der Waals surface area contributed by atoms with Crippen molar-refractivity contribution in [1.29, 1.82) is 0 Å². The number of carbonyl (C=O) groups is 1. The fourth-order valence-corrected chi connectivity index (χ4v) is 2.02. The van der Waals surface area contributed by atoms with E-state index in [1.54, 1.807) is 0 Å². The van der Waals surface area contributed by atoms with Gasteiger partial charge >= 0.3 is 0 Å². The molecule has 0 saturated carbocycles. The van der Waals surface area contributed by atoms with Gasteiger partial charge in [-0.25, -0.2) is 15.0 Å². The molecule has 1 amide bonds. The third-order valence-electron chi connectivity index (χ3n) is 2.39. The quantitative estimate of drug-likeness (QED) is 0.883. The fraction of sp³-hybridized carbons (Fsp3) is 0.273. The zero-order valence-electron chi connectivity index (χ0n) is 9.81. The number of nitrogens with zero attached hydrogens (tertiary/aromatic N) is 3. The molecule has 17 heavy (non-hydrogen) atoms. The lowest BCUT2D eigenvalue weighted by atomic mass is 10.2. The molecule has 2 aromatic rings. The van der Waals surface area contributed by atoms with Crippen molar-refractivity contribution in [3.05, 3.63) is 34.4 Å². The van der Waals surface area contributed by atoms with Gasteiger partial charge in [-0.1, -0.05) is 0 Å². The second-order valence-electron chi connectivity index (χ2n) is 3.68. The number of carbonyl (C=O) groups excluding carboxylic acids is 1. The summed E-state index contributed by atoms with van der Waals surface area (Å²) < 4.78 is 0. The van der Waals surface area contributed by atoms with E-state index in [-0.39, 0.29) is 5.91 Å². The van der Waals surface area contributed by atoms with Crippen LogP contribution in [0.4, 0.5) is 5.13 Å². The minimum atomic E-state index is -0.248. The van der Waals surface area contributed by atoms with Gasteiger partial charge in [0, 0.05) is 16.6 Å². The van der Waals surface area contributed by atoms with Gasteiger partial charge in [-0.2, -0.15) is 0 Å². The van der Waals surface area contributed by atoms with Gasteiger partial charge in [-0.05, 0) is 20.8 Å². The molecule has 0 aliphatic carbocycles. The third kappa shape index (κ3) is 2.47. The van der Waals surface area contributed by atoms with Crippen LogP contribution in [0.15, 0.2) is 11.7 Å². The van der Waals surface area contributed by atoms with Gasteiger partial charge in [0.25, 0.3) is 5.91 Å². The molecule has 0 aliphatic heterocycles. The van der Waals surface area contributed by atoms with E-state index in [9.17, 15) is 4.79 Å². The van der Waals surface area contributed by atoms with Gasteiger partial charge in [0.05, 0.1) is 5.69 Å². The first-order chi connectivity index (χ1) is 8.08. The van der Waals surface area contributed by atoms with Gasteiger partial charge < -0.3 is 0 Å². The average molecular weight is 248 g/mol. The summed E-state index contributed by atoms with van der Waals surface area (Å²) in [7, 11) is 0. The van der Waals surface area contributed by atoms with Crippen molar-refractivity contribution in [2.45, 2.75) is 20.8 Å². The molecule has 2 rings (SSSR count). The Balaban J connectivity index is 2.23. The van der Waals surface area contributed by atoms with Crippen molar-refractivity contribution >= 4 is 22.4 Å². The van der Waals surface area contributed by atoms with Crippen LogP contribution in [-0.2, 0) is 0 Å². The zero-order valence-corrected chi connectivity index (χ0v) is 10.6. The number of aryl methyl sites for hydroxylation is 2. The normalized spacial score (nSPS) is 10.3. The predicted octanol–water partition coefficient (Wildman–Crippen LogP) is 2.11. The van der Waals surface area contributed by atoms with E-state index in [1.807, 2.05) is 26.2 Å². The summed E-state index contributed by atoms with van der Waals surface area (Å²) in [5.74, 6) is -0.248. The maximum absolute atomic E-state index is 12.0. The van der Waals surface area contributed by atoms with Gasteiger partial charge in [0.15, 0.2) is 5.13 Å². The highest BCUT2D eigenvalue weighted by atomic mass is 32.1. The van der Waals surface area contributed by atoms with Gasteiger partial charge in [0.2, 0.25) is 0 Å².